The number of ether oxygens (including phenoxy) is 1. The summed E-state index contributed by atoms with van der Waals surface area (Å²) in [6, 6.07) is 3.93. The molecule has 0 spiro atoms. The van der Waals surface area contributed by atoms with Crippen molar-refractivity contribution in [2.45, 2.75) is 32.6 Å². The summed E-state index contributed by atoms with van der Waals surface area (Å²) in [5.74, 6) is 0.676. The number of hydrogen-bond donors (Lipinski definition) is 1. The van der Waals surface area contributed by atoms with Gasteiger partial charge in [0.1, 0.15) is 0 Å². The van der Waals surface area contributed by atoms with Gasteiger partial charge in [0.25, 0.3) is 0 Å². The van der Waals surface area contributed by atoms with Gasteiger partial charge in [0.2, 0.25) is 5.91 Å². The SMILES string of the molecule is CN1C(=O)CCOc2c(N)cc(C(C)(C)C)cc21. The summed E-state index contributed by atoms with van der Waals surface area (Å²) in [6.45, 7) is 6.74. The van der Waals surface area contributed by atoms with Crippen LogP contribution in [0.4, 0.5) is 11.4 Å². The highest BCUT2D eigenvalue weighted by Crippen LogP contribution is 2.40. The van der Waals surface area contributed by atoms with Gasteiger partial charge in [-0.05, 0) is 23.1 Å². The highest BCUT2D eigenvalue weighted by molar-refractivity contribution is 5.96. The first kappa shape index (κ1) is 12.7. The van der Waals surface area contributed by atoms with Crippen molar-refractivity contribution in [1.29, 1.82) is 0 Å². The number of nitrogens with two attached hydrogens (primary N) is 1. The number of amides is 1. The summed E-state index contributed by atoms with van der Waals surface area (Å²) in [6.07, 6.45) is 0.384. The van der Waals surface area contributed by atoms with Gasteiger partial charge in [-0.2, -0.15) is 0 Å². The number of carbonyl (C=O) groups excluding carboxylic acids is 1. The Morgan fingerprint density at radius 3 is 2.61 bits per heavy atom. The van der Waals surface area contributed by atoms with E-state index in [1.54, 1.807) is 11.9 Å². The summed E-state index contributed by atoms with van der Waals surface area (Å²) in [4.78, 5) is 13.5. The molecule has 0 atom stereocenters. The first-order valence-corrected chi connectivity index (χ1v) is 6.14. The molecule has 0 aromatic heterocycles. The molecule has 0 unspecified atom stereocenters. The molecule has 0 saturated heterocycles. The lowest BCUT2D eigenvalue weighted by Crippen LogP contribution is -2.25. The Bertz CT molecular complexity index is 489. The fourth-order valence-corrected chi connectivity index (χ4v) is 2.02. The zero-order chi connectivity index (χ0) is 13.5. The first-order valence-electron chi connectivity index (χ1n) is 6.14. The van der Waals surface area contributed by atoms with Gasteiger partial charge in [0.05, 0.1) is 24.4 Å². The summed E-state index contributed by atoms with van der Waals surface area (Å²) in [5.41, 5.74) is 8.50. The van der Waals surface area contributed by atoms with Crippen LogP contribution in [0.1, 0.15) is 32.8 Å². The van der Waals surface area contributed by atoms with Gasteiger partial charge in [-0.3, -0.25) is 4.79 Å². The van der Waals surface area contributed by atoms with Crippen LogP contribution < -0.4 is 15.4 Å². The maximum atomic E-state index is 11.9. The quantitative estimate of drug-likeness (QED) is 0.717. The molecule has 1 aromatic rings. The third-order valence-corrected chi connectivity index (χ3v) is 3.26. The zero-order valence-electron chi connectivity index (χ0n) is 11.4. The molecule has 1 aliphatic rings. The maximum absolute atomic E-state index is 11.9. The van der Waals surface area contributed by atoms with Gasteiger partial charge in [-0.25, -0.2) is 0 Å². The van der Waals surface area contributed by atoms with Crippen molar-refractivity contribution < 1.29 is 9.53 Å². The second kappa shape index (κ2) is 4.19. The van der Waals surface area contributed by atoms with Crippen molar-refractivity contribution in [3.63, 3.8) is 0 Å². The molecule has 18 heavy (non-hydrogen) atoms. The summed E-state index contributed by atoms with van der Waals surface area (Å²) in [5, 5.41) is 0. The number of rotatable bonds is 0. The van der Waals surface area contributed by atoms with Gasteiger partial charge in [-0.1, -0.05) is 20.8 Å². The fourth-order valence-electron chi connectivity index (χ4n) is 2.02. The predicted molar refractivity (Wildman–Crippen MR) is 73.1 cm³/mol. The number of anilines is 2. The molecule has 1 aliphatic heterocycles. The fraction of sp³-hybridized carbons (Fsp3) is 0.500. The third kappa shape index (κ3) is 2.15. The predicted octanol–water partition coefficient (Wildman–Crippen LogP) is 2.31. The van der Waals surface area contributed by atoms with Crippen LogP contribution in [0.25, 0.3) is 0 Å². The summed E-state index contributed by atoms with van der Waals surface area (Å²) >= 11 is 0. The smallest absolute Gasteiger partial charge is 0.230 e. The number of nitrogen functional groups attached to an aromatic ring is 1. The highest BCUT2D eigenvalue weighted by Gasteiger charge is 2.25. The zero-order valence-corrected chi connectivity index (χ0v) is 11.4. The van der Waals surface area contributed by atoms with Gasteiger partial charge in [-0.15, -0.1) is 0 Å². The largest absolute Gasteiger partial charge is 0.489 e. The van der Waals surface area contributed by atoms with E-state index >= 15 is 0 Å². The molecular weight excluding hydrogens is 228 g/mol. The van der Waals surface area contributed by atoms with Crippen molar-refractivity contribution in [2.75, 3.05) is 24.3 Å². The average Bonchev–Trinajstić information content (AvgIpc) is 2.40. The molecule has 0 saturated carbocycles. The van der Waals surface area contributed by atoms with E-state index in [1.165, 1.54) is 0 Å². The number of nitrogens with zero attached hydrogens (tertiary/aromatic N) is 1. The Kier molecular flexibility index (Phi) is 2.97. The minimum absolute atomic E-state index is 0.0145. The van der Waals surface area contributed by atoms with Crippen LogP contribution in [0, 0.1) is 0 Å². The van der Waals surface area contributed by atoms with Crippen LogP contribution in [0.15, 0.2) is 12.1 Å². The lowest BCUT2D eigenvalue weighted by molar-refractivity contribution is -0.118. The molecule has 0 fully saturated rings. The van der Waals surface area contributed by atoms with Crippen molar-refractivity contribution in [2.24, 2.45) is 0 Å². The van der Waals surface area contributed by atoms with Crippen LogP contribution in [0.3, 0.4) is 0 Å². The summed E-state index contributed by atoms with van der Waals surface area (Å²) in [7, 11) is 1.77. The normalized spacial score (nSPS) is 16.0. The van der Waals surface area contributed by atoms with E-state index in [0.717, 1.165) is 11.3 Å². The molecular formula is C14H20N2O2. The molecule has 0 bridgehead atoms. The average molecular weight is 248 g/mol. The van der Waals surface area contributed by atoms with Gasteiger partial charge in [0, 0.05) is 7.05 Å². The Labute approximate surface area is 108 Å². The van der Waals surface area contributed by atoms with Crippen LogP contribution >= 0.6 is 0 Å². The molecule has 2 rings (SSSR count). The van der Waals surface area contributed by atoms with Gasteiger partial charge < -0.3 is 15.4 Å². The van der Waals surface area contributed by atoms with Crippen LogP contribution in [-0.2, 0) is 10.2 Å². The van der Waals surface area contributed by atoms with Gasteiger partial charge in [0.15, 0.2) is 5.75 Å². The van der Waals surface area contributed by atoms with E-state index in [2.05, 4.69) is 20.8 Å². The second-order valence-electron chi connectivity index (χ2n) is 5.71. The molecule has 4 heteroatoms. The Balaban J connectivity index is 2.60. The number of hydrogen-bond acceptors (Lipinski definition) is 3. The molecule has 2 N–H and O–H groups in total. The number of fused-ring (bicyclic) bond motifs is 1. The highest BCUT2D eigenvalue weighted by atomic mass is 16.5. The van der Waals surface area contributed by atoms with Crippen molar-refractivity contribution in [3.8, 4) is 5.75 Å². The van der Waals surface area contributed by atoms with Crippen LogP contribution in [0.2, 0.25) is 0 Å². The maximum Gasteiger partial charge on any atom is 0.230 e. The van der Waals surface area contributed by atoms with Gasteiger partial charge >= 0.3 is 0 Å². The van der Waals surface area contributed by atoms with E-state index in [0.29, 0.717) is 24.5 Å². The van der Waals surface area contributed by atoms with Crippen LogP contribution in [0.5, 0.6) is 5.75 Å². The number of carbonyl (C=O) groups is 1. The molecule has 1 amide bonds. The first-order chi connectivity index (χ1) is 8.30. The van der Waals surface area contributed by atoms with Crippen molar-refractivity contribution >= 4 is 17.3 Å². The lowest BCUT2D eigenvalue weighted by atomic mass is 9.86. The molecule has 98 valence electrons. The van der Waals surface area contributed by atoms with E-state index in [9.17, 15) is 4.79 Å². The molecule has 0 aliphatic carbocycles. The van der Waals surface area contributed by atoms with Crippen LogP contribution in [-0.4, -0.2) is 19.6 Å². The van der Waals surface area contributed by atoms with Crippen molar-refractivity contribution in [1.82, 2.24) is 0 Å². The third-order valence-electron chi connectivity index (χ3n) is 3.26. The van der Waals surface area contributed by atoms with E-state index in [4.69, 9.17) is 10.5 Å². The standard InChI is InChI=1S/C14H20N2O2/c1-14(2,3)9-7-10(15)13-11(8-9)16(4)12(17)5-6-18-13/h7-8H,5-6,15H2,1-4H3. The molecule has 0 radical (unpaired) electrons. The Morgan fingerprint density at radius 2 is 2.00 bits per heavy atom. The van der Waals surface area contributed by atoms with E-state index < -0.39 is 0 Å². The van der Waals surface area contributed by atoms with E-state index in [1.807, 2.05) is 12.1 Å². The molecule has 1 heterocycles. The summed E-state index contributed by atoms with van der Waals surface area (Å²) < 4.78 is 5.60. The second-order valence-corrected chi connectivity index (χ2v) is 5.71. The topological polar surface area (TPSA) is 55.6 Å². The van der Waals surface area contributed by atoms with E-state index in [-0.39, 0.29) is 11.3 Å². The lowest BCUT2D eigenvalue weighted by Gasteiger charge is -2.24. The Hall–Kier alpha value is -1.71. The van der Waals surface area contributed by atoms with Crippen molar-refractivity contribution in [3.05, 3.63) is 17.7 Å². The minimum Gasteiger partial charge on any atom is -0.489 e. The minimum atomic E-state index is -0.0145. The molecule has 1 aromatic carbocycles. The molecule has 4 nitrogen and oxygen atoms in total. The monoisotopic (exact) mass is 248 g/mol. The Morgan fingerprint density at radius 1 is 1.33 bits per heavy atom. The number of benzene rings is 1.